The van der Waals surface area contributed by atoms with E-state index in [0.717, 1.165) is 33.1 Å². The molecule has 312 valence electrons. The Morgan fingerprint density at radius 3 is 1.34 bits per heavy atom. The maximum atomic E-state index is 6.53. The van der Waals surface area contributed by atoms with Gasteiger partial charge < -0.3 is 9.32 Å². The zero-order valence-electron chi connectivity index (χ0n) is 39.5. The van der Waals surface area contributed by atoms with Crippen LogP contribution < -0.4 is 37.7 Å². The van der Waals surface area contributed by atoms with Crippen LogP contribution in [0.4, 0.5) is 17.1 Å². The van der Waals surface area contributed by atoms with Crippen molar-refractivity contribution in [2.24, 2.45) is 0 Å². The number of para-hydroxylation sites is 2. The van der Waals surface area contributed by atoms with E-state index in [-0.39, 0.29) is 13.4 Å². The summed E-state index contributed by atoms with van der Waals surface area (Å²) in [6, 6.07) is 43.6. The molecule has 64 heavy (non-hydrogen) atoms. The zero-order chi connectivity index (χ0) is 44.6. The summed E-state index contributed by atoms with van der Waals surface area (Å²) < 4.78 is 6.53. The average molecular weight is 828 g/mol. The van der Waals surface area contributed by atoms with Gasteiger partial charge in [0, 0.05) is 33.4 Å². The van der Waals surface area contributed by atoms with Crippen molar-refractivity contribution in [2.75, 3.05) is 4.90 Å². The van der Waals surface area contributed by atoms with Crippen molar-refractivity contribution >= 4 is 85.2 Å². The maximum Gasteiger partial charge on any atom is 0.247 e. The van der Waals surface area contributed by atoms with Crippen LogP contribution in [0.3, 0.4) is 0 Å². The van der Waals surface area contributed by atoms with Crippen molar-refractivity contribution in [1.82, 2.24) is 0 Å². The van der Waals surface area contributed by atoms with Gasteiger partial charge in [-0.05, 0) is 173 Å². The van der Waals surface area contributed by atoms with Gasteiger partial charge in [-0.25, -0.2) is 0 Å². The molecule has 1 aromatic heterocycles. The van der Waals surface area contributed by atoms with Crippen molar-refractivity contribution in [3.05, 3.63) is 182 Å². The third-order valence-electron chi connectivity index (χ3n) is 16.1. The average Bonchev–Trinajstić information content (AvgIpc) is 3.69. The molecule has 11 rings (SSSR count). The molecule has 8 aromatic carbocycles. The van der Waals surface area contributed by atoms with Crippen LogP contribution in [0.5, 0.6) is 0 Å². The predicted molar refractivity (Wildman–Crippen MR) is 278 cm³/mol. The van der Waals surface area contributed by atoms with Crippen LogP contribution in [-0.4, -0.2) is 13.4 Å². The van der Waals surface area contributed by atoms with Crippen molar-refractivity contribution in [3.63, 3.8) is 0 Å². The molecule has 2 aliphatic heterocycles. The molecule has 0 unspecified atom stereocenters. The van der Waals surface area contributed by atoms with Crippen molar-refractivity contribution in [1.29, 1.82) is 0 Å². The second-order valence-corrected chi connectivity index (χ2v) is 19.3. The molecule has 0 N–H and O–H groups in total. The van der Waals surface area contributed by atoms with Gasteiger partial charge in [-0.3, -0.25) is 0 Å². The third kappa shape index (κ3) is 5.67. The molecule has 9 aromatic rings. The van der Waals surface area contributed by atoms with E-state index in [9.17, 15) is 0 Å². The van der Waals surface area contributed by atoms with Crippen molar-refractivity contribution in [3.8, 4) is 22.3 Å². The van der Waals surface area contributed by atoms with E-state index in [0.29, 0.717) is 0 Å². The number of fused-ring (bicyclic) bond motifs is 7. The summed E-state index contributed by atoms with van der Waals surface area (Å²) in [5.74, 6) is 0. The molecule has 0 bridgehead atoms. The van der Waals surface area contributed by atoms with E-state index < -0.39 is 0 Å². The number of benzene rings is 8. The van der Waals surface area contributed by atoms with E-state index in [4.69, 9.17) is 4.42 Å². The molecule has 0 amide bonds. The van der Waals surface area contributed by atoms with Crippen LogP contribution in [0.25, 0.3) is 44.2 Å². The smallest absolute Gasteiger partial charge is 0.247 e. The molecule has 0 aliphatic carbocycles. The maximum absolute atomic E-state index is 6.53. The zero-order valence-corrected chi connectivity index (χ0v) is 39.5. The Balaban J connectivity index is 1.23. The van der Waals surface area contributed by atoms with Gasteiger partial charge in [-0.15, -0.1) is 0 Å². The number of hydrogen-bond acceptors (Lipinski definition) is 2. The minimum Gasteiger partial charge on any atom is -0.455 e. The normalized spacial score (nSPS) is 12.9. The highest BCUT2D eigenvalue weighted by molar-refractivity contribution is 7.02. The number of furan rings is 1. The van der Waals surface area contributed by atoms with E-state index in [1.807, 2.05) is 6.07 Å². The number of anilines is 3. The number of nitrogens with zero attached hydrogens (tertiary/aromatic N) is 1. The minimum atomic E-state index is 0.0409. The van der Waals surface area contributed by atoms with Crippen LogP contribution >= 0.6 is 0 Å². The molecule has 0 saturated carbocycles. The van der Waals surface area contributed by atoms with Gasteiger partial charge in [0.1, 0.15) is 11.2 Å². The predicted octanol–water partition coefficient (Wildman–Crippen LogP) is 11.8. The van der Waals surface area contributed by atoms with Crippen LogP contribution in [0.2, 0.25) is 0 Å². The molecule has 2 aliphatic rings. The largest absolute Gasteiger partial charge is 0.455 e. The first-order valence-corrected chi connectivity index (χ1v) is 23.1. The number of aryl methyl sites for hydroxylation is 2. The Labute approximate surface area is 380 Å². The molecule has 2 nitrogen and oxygen atoms in total. The van der Waals surface area contributed by atoms with Gasteiger partial charge >= 0.3 is 0 Å². The Morgan fingerprint density at radius 2 is 0.828 bits per heavy atom. The molecular formula is C60H55B2NO. The highest BCUT2D eigenvalue weighted by Crippen LogP contribution is 2.41. The lowest BCUT2D eigenvalue weighted by molar-refractivity contribution is 0.670. The molecule has 0 saturated heterocycles. The summed E-state index contributed by atoms with van der Waals surface area (Å²) in [5.41, 5.74) is 35.4. The van der Waals surface area contributed by atoms with Gasteiger partial charge in [-0.2, -0.15) is 0 Å². The molecule has 3 heterocycles. The summed E-state index contributed by atoms with van der Waals surface area (Å²) >= 11 is 0. The van der Waals surface area contributed by atoms with Crippen LogP contribution in [-0.2, 0) is 0 Å². The SMILES string of the molecule is Cc1ccc2c(c1)B(c1c(C)c(C)c(C)c(C)c1C)c1cc(-c3ccc(-c4cccc5c4oc4ccccc45)cc3)cc3c1N2c1ccc(C)cc1B3c1c(C)c(C)c(C)c(C)c1C. The molecular weight excluding hydrogens is 772 g/mol. The molecule has 4 heteroatoms. The fourth-order valence-corrected chi connectivity index (χ4v) is 11.8. The van der Waals surface area contributed by atoms with E-state index in [1.165, 1.54) is 128 Å². The van der Waals surface area contributed by atoms with Crippen molar-refractivity contribution in [2.45, 2.75) is 83.1 Å². The van der Waals surface area contributed by atoms with Crippen molar-refractivity contribution < 1.29 is 4.42 Å². The molecule has 0 radical (unpaired) electrons. The summed E-state index contributed by atoms with van der Waals surface area (Å²) in [4.78, 5) is 2.64. The first-order chi connectivity index (χ1) is 30.7. The monoisotopic (exact) mass is 827 g/mol. The molecule has 0 atom stereocenters. The Hall–Kier alpha value is -6.51. The second kappa shape index (κ2) is 14.5. The Bertz CT molecular complexity index is 3270. The van der Waals surface area contributed by atoms with Crippen LogP contribution in [0, 0.1) is 83.1 Å². The van der Waals surface area contributed by atoms with E-state index in [1.54, 1.807) is 0 Å². The molecule has 0 spiro atoms. The standard InChI is InChI=1S/C60H55B2NO/c1-32-20-26-54-50(28-32)61(57-40(9)36(5)34(3)37(6)41(57)10)52-30-46(44-22-24-45(25-23-44)47-17-15-18-49-48-16-13-14-19-56(48)64-60(47)49)31-53-59(52)63(54)55-27-21-33(2)29-51(55)62(53)58-42(11)38(7)35(4)39(8)43(58)12/h13-31H,1-12H3. The Kier molecular flexibility index (Phi) is 9.13. The highest BCUT2D eigenvalue weighted by Gasteiger charge is 2.45. The summed E-state index contributed by atoms with van der Waals surface area (Å²) in [5, 5.41) is 2.30. The number of hydrogen-bond donors (Lipinski definition) is 0. The lowest BCUT2D eigenvalue weighted by Gasteiger charge is -2.45. The van der Waals surface area contributed by atoms with Gasteiger partial charge in [0.25, 0.3) is 0 Å². The van der Waals surface area contributed by atoms with Gasteiger partial charge in [0.2, 0.25) is 13.4 Å². The number of rotatable bonds is 4. The van der Waals surface area contributed by atoms with E-state index in [2.05, 4.69) is 197 Å². The third-order valence-corrected chi connectivity index (χ3v) is 16.1. The lowest BCUT2D eigenvalue weighted by atomic mass is 9.29. The fourth-order valence-electron chi connectivity index (χ4n) is 11.8. The summed E-state index contributed by atoms with van der Waals surface area (Å²) in [6.07, 6.45) is 0. The van der Waals surface area contributed by atoms with Gasteiger partial charge in [0.05, 0.1) is 0 Å². The summed E-state index contributed by atoms with van der Waals surface area (Å²) in [7, 11) is 0. The topological polar surface area (TPSA) is 16.4 Å². The first-order valence-electron chi connectivity index (χ1n) is 23.1. The quantitative estimate of drug-likeness (QED) is 0.164. The highest BCUT2D eigenvalue weighted by atomic mass is 16.3. The van der Waals surface area contributed by atoms with E-state index >= 15 is 0 Å². The Morgan fingerprint density at radius 1 is 0.375 bits per heavy atom. The minimum absolute atomic E-state index is 0.0409. The second-order valence-electron chi connectivity index (χ2n) is 19.3. The van der Waals surface area contributed by atoms with Gasteiger partial charge in [0.15, 0.2) is 0 Å². The van der Waals surface area contributed by atoms with Gasteiger partial charge in [-0.1, -0.05) is 141 Å². The molecule has 0 fully saturated rings. The fraction of sp³-hybridized carbons (Fsp3) is 0.200. The first kappa shape index (κ1) is 40.3. The summed E-state index contributed by atoms with van der Waals surface area (Å²) in [6.45, 7) is 28.0. The lowest BCUT2D eigenvalue weighted by Crippen LogP contribution is -2.66. The van der Waals surface area contributed by atoms with Crippen LogP contribution in [0.15, 0.2) is 120 Å². The van der Waals surface area contributed by atoms with Crippen LogP contribution in [0.1, 0.15) is 66.8 Å².